The highest BCUT2D eigenvalue weighted by atomic mass is 16.3. The van der Waals surface area contributed by atoms with E-state index in [0.717, 1.165) is 17.5 Å². The molecule has 0 spiro atoms. The summed E-state index contributed by atoms with van der Waals surface area (Å²) in [6, 6.07) is 8.19. The monoisotopic (exact) mass is 199 g/mol. The van der Waals surface area contributed by atoms with Crippen LogP contribution in [0.25, 0.3) is 11.0 Å². The van der Waals surface area contributed by atoms with Crippen molar-refractivity contribution in [3.63, 3.8) is 0 Å². The van der Waals surface area contributed by atoms with E-state index < -0.39 is 0 Å². The fraction of sp³-hybridized carbons (Fsp3) is 0.231. The second-order valence-corrected chi connectivity index (χ2v) is 3.67. The first-order valence-corrected chi connectivity index (χ1v) is 4.88. The van der Waals surface area contributed by atoms with Gasteiger partial charge < -0.3 is 4.42 Å². The van der Waals surface area contributed by atoms with Crippen molar-refractivity contribution in [2.24, 2.45) is 0 Å². The Bertz CT molecular complexity index is 492. The minimum atomic E-state index is 0.663. The van der Waals surface area contributed by atoms with Crippen LogP contribution in [0.15, 0.2) is 34.9 Å². The van der Waals surface area contributed by atoms with Gasteiger partial charge in [-0.3, -0.25) is 4.90 Å². The van der Waals surface area contributed by atoms with E-state index in [1.807, 2.05) is 13.1 Å². The van der Waals surface area contributed by atoms with Gasteiger partial charge >= 0.3 is 0 Å². The van der Waals surface area contributed by atoms with Gasteiger partial charge in [0.1, 0.15) is 5.58 Å². The molecule has 1 aromatic heterocycles. The third kappa shape index (κ3) is 2.20. The molecule has 2 heteroatoms. The third-order valence-corrected chi connectivity index (χ3v) is 2.33. The predicted molar refractivity (Wildman–Crippen MR) is 61.4 cm³/mol. The van der Waals surface area contributed by atoms with Gasteiger partial charge in [0.05, 0.1) is 12.8 Å². The first-order valence-electron chi connectivity index (χ1n) is 4.88. The first-order chi connectivity index (χ1) is 7.29. The van der Waals surface area contributed by atoms with Crippen molar-refractivity contribution in [1.29, 1.82) is 0 Å². The molecule has 0 atom stereocenters. The lowest BCUT2D eigenvalue weighted by Gasteiger charge is -2.12. The van der Waals surface area contributed by atoms with Gasteiger partial charge in [-0.25, -0.2) is 0 Å². The van der Waals surface area contributed by atoms with Gasteiger partial charge in [0.15, 0.2) is 0 Å². The molecule has 0 N–H and O–H groups in total. The van der Waals surface area contributed by atoms with Crippen LogP contribution in [0, 0.1) is 12.3 Å². The second-order valence-electron chi connectivity index (χ2n) is 3.67. The molecule has 2 rings (SSSR count). The lowest BCUT2D eigenvalue weighted by Crippen LogP contribution is -2.17. The van der Waals surface area contributed by atoms with Crippen molar-refractivity contribution >= 4 is 11.0 Å². The Labute approximate surface area is 89.5 Å². The Morgan fingerprint density at radius 1 is 1.40 bits per heavy atom. The van der Waals surface area contributed by atoms with Crippen LogP contribution in [0.1, 0.15) is 5.56 Å². The Kier molecular flexibility index (Phi) is 2.75. The quantitative estimate of drug-likeness (QED) is 0.706. The van der Waals surface area contributed by atoms with Gasteiger partial charge in [0.2, 0.25) is 0 Å². The standard InChI is InChI=1S/C13H13NO/c1-3-7-14(2)10-11-4-5-12-6-8-15-13(12)9-11/h1,4-6,8-9H,7,10H2,2H3. The third-order valence-electron chi connectivity index (χ3n) is 2.33. The summed E-state index contributed by atoms with van der Waals surface area (Å²) in [5, 5.41) is 1.14. The lowest BCUT2D eigenvalue weighted by atomic mass is 10.1. The molecule has 0 aliphatic carbocycles. The number of fused-ring (bicyclic) bond motifs is 1. The molecule has 0 saturated carbocycles. The Balaban J connectivity index is 2.18. The maximum absolute atomic E-state index is 5.34. The molecule has 0 saturated heterocycles. The summed E-state index contributed by atoms with van der Waals surface area (Å²) < 4.78 is 5.34. The van der Waals surface area contributed by atoms with E-state index in [9.17, 15) is 0 Å². The number of hydrogen-bond donors (Lipinski definition) is 0. The average Bonchev–Trinajstić information content (AvgIpc) is 2.65. The molecular formula is C13H13NO. The molecule has 2 aromatic rings. The van der Waals surface area contributed by atoms with Crippen LogP contribution in [0.4, 0.5) is 0 Å². The van der Waals surface area contributed by atoms with Gasteiger partial charge in [-0.15, -0.1) is 6.42 Å². The summed E-state index contributed by atoms with van der Waals surface area (Å²) in [6.45, 7) is 1.51. The van der Waals surface area contributed by atoms with E-state index in [2.05, 4.69) is 29.0 Å². The molecule has 0 bridgehead atoms. The van der Waals surface area contributed by atoms with Gasteiger partial charge in [-0.2, -0.15) is 0 Å². The van der Waals surface area contributed by atoms with Crippen LogP contribution in [-0.2, 0) is 6.54 Å². The van der Waals surface area contributed by atoms with Crippen LogP contribution < -0.4 is 0 Å². The number of nitrogens with zero attached hydrogens (tertiary/aromatic N) is 1. The van der Waals surface area contributed by atoms with Crippen molar-refractivity contribution in [3.8, 4) is 12.3 Å². The van der Waals surface area contributed by atoms with Gasteiger partial charge in [0.25, 0.3) is 0 Å². The molecule has 15 heavy (non-hydrogen) atoms. The van der Waals surface area contributed by atoms with E-state index in [-0.39, 0.29) is 0 Å². The zero-order valence-corrected chi connectivity index (χ0v) is 8.73. The molecule has 0 amide bonds. The lowest BCUT2D eigenvalue weighted by molar-refractivity contribution is 0.369. The first kappa shape index (κ1) is 9.82. The number of furan rings is 1. The van der Waals surface area contributed by atoms with Crippen LogP contribution >= 0.6 is 0 Å². The van der Waals surface area contributed by atoms with Gasteiger partial charge in [-0.1, -0.05) is 18.1 Å². The molecule has 76 valence electrons. The van der Waals surface area contributed by atoms with E-state index in [4.69, 9.17) is 10.8 Å². The highest BCUT2D eigenvalue weighted by Gasteiger charge is 2.01. The van der Waals surface area contributed by atoms with E-state index in [0.29, 0.717) is 6.54 Å². The minimum absolute atomic E-state index is 0.663. The SMILES string of the molecule is C#CCN(C)Cc1ccc2ccoc2c1. The summed E-state index contributed by atoms with van der Waals surface area (Å²) in [7, 11) is 2.01. The highest BCUT2D eigenvalue weighted by molar-refractivity contribution is 5.77. The fourth-order valence-electron chi connectivity index (χ4n) is 1.62. The zero-order chi connectivity index (χ0) is 10.7. The summed E-state index contributed by atoms with van der Waals surface area (Å²) in [4.78, 5) is 2.09. The molecule has 1 aromatic carbocycles. The molecule has 0 fully saturated rings. The highest BCUT2D eigenvalue weighted by Crippen LogP contribution is 2.17. The number of hydrogen-bond acceptors (Lipinski definition) is 2. The second kappa shape index (κ2) is 4.20. The van der Waals surface area contributed by atoms with Crippen molar-refractivity contribution in [2.75, 3.05) is 13.6 Å². The summed E-state index contributed by atoms with van der Waals surface area (Å²) in [5.41, 5.74) is 2.15. The average molecular weight is 199 g/mol. The van der Waals surface area contributed by atoms with E-state index >= 15 is 0 Å². The maximum Gasteiger partial charge on any atom is 0.134 e. The molecule has 1 heterocycles. The number of rotatable bonds is 3. The Hall–Kier alpha value is -1.72. The van der Waals surface area contributed by atoms with Crippen LogP contribution in [0.3, 0.4) is 0 Å². The topological polar surface area (TPSA) is 16.4 Å². The number of terminal acetylenes is 1. The molecular weight excluding hydrogens is 186 g/mol. The fourth-order valence-corrected chi connectivity index (χ4v) is 1.62. The smallest absolute Gasteiger partial charge is 0.134 e. The molecule has 0 radical (unpaired) electrons. The van der Waals surface area contributed by atoms with Gasteiger partial charge in [0, 0.05) is 11.9 Å². The molecule has 0 aliphatic heterocycles. The van der Waals surface area contributed by atoms with E-state index in [1.165, 1.54) is 5.56 Å². The molecule has 2 nitrogen and oxygen atoms in total. The summed E-state index contributed by atoms with van der Waals surface area (Å²) in [6.07, 6.45) is 6.95. The molecule has 0 aliphatic rings. The van der Waals surface area contributed by atoms with Crippen LogP contribution in [0.5, 0.6) is 0 Å². The Morgan fingerprint density at radius 3 is 3.07 bits per heavy atom. The summed E-state index contributed by atoms with van der Waals surface area (Å²) in [5.74, 6) is 2.62. The normalized spacial score (nSPS) is 10.7. The van der Waals surface area contributed by atoms with Crippen molar-refractivity contribution < 1.29 is 4.42 Å². The Morgan fingerprint density at radius 2 is 2.27 bits per heavy atom. The summed E-state index contributed by atoms with van der Waals surface area (Å²) >= 11 is 0. The minimum Gasteiger partial charge on any atom is -0.464 e. The van der Waals surface area contributed by atoms with Gasteiger partial charge in [-0.05, 0) is 24.7 Å². The van der Waals surface area contributed by atoms with Crippen molar-refractivity contribution in [2.45, 2.75) is 6.54 Å². The molecule has 0 unspecified atom stereocenters. The zero-order valence-electron chi connectivity index (χ0n) is 8.73. The van der Waals surface area contributed by atoms with Crippen LogP contribution in [0.2, 0.25) is 0 Å². The van der Waals surface area contributed by atoms with E-state index in [1.54, 1.807) is 6.26 Å². The van der Waals surface area contributed by atoms with Crippen LogP contribution in [-0.4, -0.2) is 18.5 Å². The number of benzene rings is 1. The maximum atomic E-state index is 5.34. The predicted octanol–water partition coefficient (Wildman–Crippen LogP) is 2.50. The largest absolute Gasteiger partial charge is 0.464 e. The van der Waals surface area contributed by atoms with Crippen molar-refractivity contribution in [3.05, 3.63) is 36.1 Å². The van der Waals surface area contributed by atoms with Crippen molar-refractivity contribution in [1.82, 2.24) is 4.90 Å².